The molecular weight excluding hydrogens is 326 g/mol. The smallest absolute Gasteiger partial charge is 0.269 e. The average molecular weight is 349 g/mol. The van der Waals surface area contributed by atoms with Crippen molar-refractivity contribution in [1.29, 1.82) is 0 Å². The lowest BCUT2D eigenvalue weighted by molar-refractivity contribution is -0.384. The summed E-state index contributed by atoms with van der Waals surface area (Å²) in [5.41, 5.74) is 0.570. The number of hydrogen-bond acceptors (Lipinski definition) is 6. The number of carbonyl (C=O) groups excluding carboxylic acids is 1. The van der Waals surface area contributed by atoms with Crippen LogP contribution in [0.25, 0.3) is 0 Å². The molecule has 0 radical (unpaired) electrons. The summed E-state index contributed by atoms with van der Waals surface area (Å²) >= 11 is 0. The van der Waals surface area contributed by atoms with Crippen LogP contribution in [0.15, 0.2) is 24.3 Å². The first-order chi connectivity index (χ1) is 12.0. The molecule has 1 amide bonds. The molecule has 2 aliphatic heterocycles. The highest BCUT2D eigenvalue weighted by atomic mass is 16.7. The van der Waals surface area contributed by atoms with E-state index in [0.717, 1.165) is 25.9 Å². The third-order valence-electron chi connectivity index (χ3n) is 4.63. The second kappa shape index (κ2) is 7.47. The van der Waals surface area contributed by atoms with Gasteiger partial charge in [-0.1, -0.05) is 0 Å². The van der Waals surface area contributed by atoms with Crippen LogP contribution in [0.3, 0.4) is 0 Å². The minimum Gasteiger partial charge on any atom is -0.347 e. The second-order valence-corrected chi connectivity index (χ2v) is 6.59. The van der Waals surface area contributed by atoms with Gasteiger partial charge in [-0.05, 0) is 19.1 Å². The number of anilines is 1. The van der Waals surface area contributed by atoms with Crippen LogP contribution >= 0.6 is 0 Å². The number of non-ortho nitro benzene ring substituents is 1. The molecule has 1 aromatic rings. The molecule has 8 nitrogen and oxygen atoms in total. The van der Waals surface area contributed by atoms with Crippen LogP contribution in [0.4, 0.5) is 11.4 Å². The van der Waals surface area contributed by atoms with Gasteiger partial charge in [-0.25, -0.2) is 0 Å². The largest absolute Gasteiger partial charge is 0.347 e. The molecule has 2 heterocycles. The molecular formula is C17H23N3O5. The van der Waals surface area contributed by atoms with Gasteiger partial charge < -0.3 is 19.7 Å². The van der Waals surface area contributed by atoms with E-state index in [-0.39, 0.29) is 17.7 Å². The van der Waals surface area contributed by atoms with E-state index in [0.29, 0.717) is 25.3 Å². The van der Waals surface area contributed by atoms with Gasteiger partial charge in [-0.3, -0.25) is 14.9 Å². The molecule has 25 heavy (non-hydrogen) atoms. The van der Waals surface area contributed by atoms with Crippen molar-refractivity contribution in [3.8, 4) is 0 Å². The van der Waals surface area contributed by atoms with Gasteiger partial charge in [-0.2, -0.15) is 0 Å². The standard InChI is InChI=1S/C17H23N3O5/c1-13-12-24-17(25-13)7-10-19(11-8-17)9-6-16(21)18-14-2-4-15(5-3-14)20(22)23/h2-5,13H,6-12H2,1H3,(H,18,21). The predicted molar refractivity (Wildman–Crippen MR) is 91.2 cm³/mol. The average Bonchev–Trinajstić information content (AvgIpc) is 2.95. The van der Waals surface area contributed by atoms with Crippen LogP contribution < -0.4 is 5.32 Å². The third kappa shape index (κ3) is 4.53. The zero-order valence-electron chi connectivity index (χ0n) is 14.3. The Morgan fingerprint density at radius 2 is 2.04 bits per heavy atom. The lowest BCUT2D eigenvalue weighted by atomic mass is 10.0. The number of carbonyl (C=O) groups is 1. The van der Waals surface area contributed by atoms with Crippen molar-refractivity contribution in [3.05, 3.63) is 34.4 Å². The Hall–Kier alpha value is -2.03. The highest BCUT2D eigenvalue weighted by Gasteiger charge is 2.42. The summed E-state index contributed by atoms with van der Waals surface area (Å²) in [6.07, 6.45) is 2.17. The molecule has 2 aliphatic rings. The van der Waals surface area contributed by atoms with E-state index in [1.807, 2.05) is 6.92 Å². The third-order valence-corrected chi connectivity index (χ3v) is 4.63. The molecule has 0 bridgehead atoms. The molecule has 136 valence electrons. The minimum absolute atomic E-state index is 0.00548. The monoisotopic (exact) mass is 349 g/mol. The maximum Gasteiger partial charge on any atom is 0.269 e. The van der Waals surface area contributed by atoms with Gasteiger partial charge in [0.25, 0.3) is 5.69 Å². The Balaban J connectivity index is 1.40. The number of benzene rings is 1. The van der Waals surface area contributed by atoms with Gasteiger partial charge in [0.15, 0.2) is 5.79 Å². The predicted octanol–water partition coefficient (Wildman–Crippen LogP) is 2.15. The lowest BCUT2D eigenvalue weighted by Crippen LogP contribution is -2.46. The summed E-state index contributed by atoms with van der Waals surface area (Å²) in [4.78, 5) is 24.4. The van der Waals surface area contributed by atoms with Gasteiger partial charge in [-0.15, -0.1) is 0 Å². The Kier molecular flexibility index (Phi) is 5.31. The quantitative estimate of drug-likeness (QED) is 0.647. The maximum absolute atomic E-state index is 12.0. The van der Waals surface area contributed by atoms with Crippen molar-refractivity contribution >= 4 is 17.3 Å². The first-order valence-electron chi connectivity index (χ1n) is 8.54. The lowest BCUT2D eigenvalue weighted by Gasteiger charge is -2.37. The SMILES string of the molecule is CC1COC2(CCN(CCC(=O)Nc3ccc([N+](=O)[O-])cc3)CC2)O1. The van der Waals surface area contributed by atoms with E-state index in [1.54, 1.807) is 0 Å². The zero-order valence-corrected chi connectivity index (χ0v) is 14.3. The van der Waals surface area contributed by atoms with Crippen molar-refractivity contribution in [3.63, 3.8) is 0 Å². The molecule has 3 rings (SSSR count). The van der Waals surface area contributed by atoms with E-state index in [2.05, 4.69) is 10.2 Å². The van der Waals surface area contributed by atoms with Crippen molar-refractivity contribution < 1.29 is 19.2 Å². The van der Waals surface area contributed by atoms with Crippen molar-refractivity contribution in [2.45, 2.75) is 38.1 Å². The zero-order chi connectivity index (χ0) is 17.9. The summed E-state index contributed by atoms with van der Waals surface area (Å²) < 4.78 is 11.7. The van der Waals surface area contributed by atoms with Gasteiger partial charge in [0.1, 0.15) is 0 Å². The number of nitrogens with one attached hydrogen (secondary N) is 1. The number of nitro benzene ring substituents is 1. The molecule has 1 unspecified atom stereocenters. The van der Waals surface area contributed by atoms with Crippen molar-refractivity contribution in [1.82, 2.24) is 4.90 Å². The molecule has 1 atom stereocenters. The molecule has 2 saturated heterocycles. The normalized spacial score (nSPS) is 22.8. The van der Waals surface area contributed by atoms with Crippen LogP contribution in [0.5, 0.6) is 0 Å². The van der Waals surface area contributed by atoms with Crippen molar-refractivity contribution in [2.24, 2.45) is 0 Å². The van der Waals surface area contributed by atoms with Crippen LogP contribution in [0, 0.1) is 10.1 Å². The minimum atomic E-state index is -0.465. The van der Waals surface area contributed by atoms with Gasteiger partial charge in [0.05, 0.1) is 17.6 Å². The summed E-state index contributed by atoms with van der Waals surface area (Å²) in [5.74, 6) is -0.521. The summed E-state index contributed by atoms with van der Waals surface area (Å²) in [6, 6.07) is 5.83. The first kappa shape index (κ1) is 17.8. The molecule has 1 N–H and O–H groups in total. The summed E-state index contributed by atoms with van der Waals surface area (Å²) in [7, 11) is 0. The number of likely N-dealkylation sites (tertiary alicyclic amines) is 1. The summed E-state index contributed by atoms with van der Waals surface area (Å²) in [6.45, 7) is 5.03. The number of ether oxygens (including phenoxy) is 2. The van der Waals surface area contributed by atoms with E-state index in [9.17, 15) is 14.9 Å². The Labute approximate surface area is 146 Å². The number of nitro groups is 1. The van der Waals surface area contributed by atoms with Crippen LogP contribution in [0.2, 0.25) is 0 Å². The topological polar surface area (TPSA) is 93.9 Å². The molecule has 1 aromatic carbocycles. The molecule has 0 aromatic heterocycles. The van der Waals surface area contributed by atoms with E-state index >= 15 is 0 Å². The van der Waals surface area contributed by atoms with Gasteiger partial charge in [0, 0.05) is 56.7 Å². The molecule has 2 fully saturated rings. The first-order valence-corrected chi connectivity index (χ1v) is 8.54. The Morgan fingerprint density at radius 3 is 2.60 bits per heavy atom. The summed E-state index contributed by atoms with van der Waals surface area (Å²) in [5, 5.41) is 13.4. The number of rotatable bonds is 5. The maximum atomic E-state index is 12.0. The Morgan fingerprint density at radius 1 is 1.36 bits per heavy atom. The van der Waals surface area contributed by atoms with E-state index in [1.165, 1.54) is 24.3 Å². The van der Waals surface area contributed by atoms with Gasteiger partial charge in [0.2, 0.25) is 5.91 Å². The van der Waals surface area contributed by atoms with E-state index < -0.39 is 10.7 Å². The molecule has 0 aliphatic carbocycles. The van der Waals surface area contributed by atoms with Crippen LogP contribution in [-0.4, -0.2) is 53.9 Å². The van der Waals surface area contributed by atoms with Crippen molar-refractivity contribution in [2.75, 3.05) is 31.6 Å². The van der Waals surface area contributed by atoms with Gasteiger partial charge >= 0.3 is 0 Å². The fourth-order valence-electron chi connectivity index (χ4n) is 3.23. The number of piperidine rings is 1. The van der Waals surface area contributed by atoms with E-state index in [4.69, 9.17) is 9.47 Å². The van der Waals surface area contributed by atoms with Crippen LogP contribution in [-0.2, 0) is 14.3 Å². The number of hydrogen-bond donors (Lipinski definition) is 1. The second-order valence-electron chi connectivity index (χ2n) is 6.59. The molecule has 1 spiro atoms. The Bertz CT molecular complexity index is 626. The fraction of sp³-hybridized carbons (Fsp3) is 0.588. The number of nitrogens with zero attached hydrogens (tertiary/aromatic N) is 2. The number of amides is 1. The highest BCUT2D eigenvalue weighted by molar-refractivity contribution is 5.90. The highest BCUT2D eigenvalue weighted by Crippen LogP contribution is 2.33. The molecule has 0 saturated carbocycles. The van der Waals surface area contributed by atoms with Crippen LogP contribution in [0.1, 0.15) is 26.2 Å². The molecule has 8 heteroatoms. The fourth-order valence-corrected chi connectivity index (χ4v) is 3.23.